The molecular weight excluding hydrogens is 220 g/mol. The maximum Gasteiger partial charge on any atom is 0.341 e. The van der Waals surface area contributed by atoms with E-state index in [0.717, 1.165) is 0 Å². The number of halogens is 1. The van der Waals surface area contributed by atoms with Crippen molar-refractivity contribution in [2.24, 2.45) is 0 Å². The van der Waals surface area contributed by atoms with Crippen LogP contribution < -0.4 is 4.74 Å². The van der Waals surface area contributed by atoms with E-state index in [1.54, 1.807) is 13.0 Å². The molecule has 4 nitrogen and oxygen atoms in total. The first-order valence-corrected chi connectivity index (χ1v) is 4.55. The van der Waals surface area contributed by atoms with Crippen molar-refractivity contribution in [1.82, 2.24) is 0 Å². The van der Waals surface area contributed by atoms with Crippen molar-refractivity contribution in [3.63, 3.8) is 0 Å². The Hall–Kier alpha value is -1.42. The van der Waals surface area contributed by atoms with Gasteiger partial charge in [0.1, 0.15) is 16.3 Å². The summed E-state index contributed by atoms with van der Waals surface area (Å²) in [5, 5.41) is 9.68. The summed E-state index contributed by atoms with van der Waals surface area (Å²) in [4.78, 5) is 11.3. The maximum atomic E-state index is 11.3. The molecule has 1 aromatic carbocycles. The van der Waals surface area contributed by atoms with Gasteiger partial charge in [-0.05, 0) is 18.6 Å². The highest BCUT2D eigenvalue weighted by molar-refractivity contribution is 6.34. The first-order chi connectivity index (χ1) is 7.02. The minimum Gasteiger partial charge on any atom is -0.505 e. The van der Waals surface area contributed by atoms with E-state index in [4.69, 9.17) is 16.3 Å². The second-order valence-corrected chi connectivity index (χ2v) is 3.30. The van der Waals surface area contributed by atoms with E-state index >= 15 is 0 Å². The summed E-state index contributed by atoms with van der Waals surface area (Å²) in [6.45, 7) is 1.66. The van der Waals surface area contributed by atoms with Gasteiger partial charge in [0.2, 0.25) is 0 Å². The zero-order valence-corrected chi connectivity index (χ0v) is 9.38. The van der Waals surface area contributed by atoms with Gasteiger partial charge >= 0.3 is 5.97 Å². The summed E-state index contributed by atoms with van der Waals surface area (Å²) < 4.78 is 9.46. The highest BCUT2D eigenvalue weighted by Gasteiger charge is 2.20. The highest BCUT2D eigenvalue weighted by Crippen LogP contribution is 2.38. The van der Waals surface area contributed by atoms with Crippen LogP contribution in [0.4, 0.5) is 0 Å². The molecule has 0 aliphatic carbocycles. The fourth-order valence-electron chi connectivity index (χ4n) is 1.25. The van der Waals surface area contributed by atoms with Crippen molar-refractivity contribution in [2.75, 3.05) is 14.2 Å². The van der Waals surface area contributed by atoms with Crippen molar-refractivity contribution in [3.05, 3.63) is 22.2 Å². The number of benzene rings is 1. The summed E-state index contributed by atoms with van der Waals surface area (Å²) in [6.07, 6.45) is 0. The third-order valence-corrected chi connectivity index (χ3v) is 2.38. The molecule has 0 aromatic heterocycles. The SMILES string of the molecule is COC(=O)c1c(C)cc(OC)c(Cl)c1O. The van der Waals surface area contributed by atoms with Gasteiger partial charge in [-0.1, -0.05) is 11.6 Å². The summed E-state index contributed by atoms with van der Waals surface area (Å²) in [5.41, 5.74) is 0.601. The van der Waals surface area contributed by atoms with E-state index < -0.39 is 5.97 Å². The third-order valence-electron chi connectivity index (χ3n) is 2.01. The summed E-state index contributed by atoms with van der Waals surface area (Å²) in [5.74, 6) is -0.630. The van der Waals surface area contributed by atoms with Crippen molar-refractivity contribution in [3.8, 4) is 11.5 Å². The Morgan fingerprint density at radius 3 is 2.53 bits per heavy atom. The second kappa shape index (κ2) is 4.40. The van der Waals surface area contributed by atoms with Gasteiger partial charge in [0.15, 0.2) is 5.75 Å². The lowest BCUT2D eigenvalue weighted by atomic mass is 10.1. The van der Waals surface area contributed by atoms with E-state index in [9.17, 15) is 9.90 Å². The Kier molecular flexibility index (Phi) is 3.42. The minimum atomic E-state index is -0.630. The monoisotopic (exact) mass is 230 g/mol. The number of aryl methyl sites for hydroxylation is 1. The molecule has 82 valence electrons. The number of esters is 1. The zero-order chi connectivity index (χ0) is 11.6. The number of methoxy groups -OCH3 is 2. The molecule has 0 unspecified atom stereocenters. The number of rotatable bonds is 2. The quantitative estimate of drug-likeness (QED) is 0.791. The molecule has 0 bridgehead atoms. The first kappa shape index (κ1) is 11.7. The molecule has 1 N–H and O–H groups in total. The van der Waals surface area contributed by atoms with E-state index in [1.807, 2.05) is 0 Å². The van der Waals surface area contributed by atoms with Crippen LogP contribution in [-0.4, -0.2) is 25.3 Å². The van der Waals surface area contributed by atoms with Crippen LogP contribution in [0.1, 0.15) is 15.9 Å². The van der Waals surface area contributed by atoms with E-state index in [2.05, 4.69) is 4.74 Å². The lowest BCUT2D eigenvalue weighted by molar-refractivity contribution is 0.0596. The van der Waals surface area contributed by atoms with E-state index in [-0.39, 0.29) is 16.3 Å². The van der Waals surface area contributed by atoms with Crippen molar-refractivity contribution in [1.29, 1.82) is 0 Å². The van der Waals surface area contributed by atoms with Crippen molar-refractivity contribution >= 4 is 17.6 Å². The average molecular weight is 231 g/mol. The number of carbonyl (C=O) groups excluding carboxylic acids is 1. The predicted octanol–water partition coefficient (Wildman–Crippen LogP) is 2.15. The van der Waals surface area contributed by atoms with Crippen LogP contribution in [0.5, 0.6) is 11.5 Å². The molecule has 15 heavy (non-hydrogen) atoms. The molecule has 1 rings (SSSR count). The molecule has 0 saturated carbocycles. The Bertz CT molecular complexity index is 401. The number of hydrogen-bond donors (Lipinski definition) is 1. The number of aromatic hydroxyl groups is 1. The van der Waals surface area contributed by atoms with Gasteiger partial charge in [-0.2, -0.15) is 0 Å². The smallest absolute Gasteiger partial charge is 0.341 e. The van der Waals surface area contributed by atoms with Crippen LogP contribution in [0, 0.1) is 6.92 Å². The van der Waals surface area contributed by atoms with Gasteiger partial charge in [0, 0.05) is 0 Å². The van der Waals surface area contributed by atoms with Gasteiger partial charge in [0.05, 0.1) is 14.2 Å². The van der Waals surface area contributed by atoms with Gasteiger partial charge < -0.3 is 14.6 Å². The number of ether oxygens (including phenoxy) is 2. The van der Waals surface area contributed by atoms with E-state index in [0.29, 0.717) is 11.3 Å². The molecule has 0 saturated heterocycles. The molecular formula is C10H11ClO4. The standard InChI is InChI=1S/C10H11ClO4/c1-5-4-6(14-2)8(11)9(12)7(5)10(13)15-3/h4,12H,1-3H3. The largest absolute Gasteiger partial charge is 0.505 e. The van der Waals surface area contributed by atoms with E-state index in [1.165, 1.54) is 14.2 Å². The molecule has 0 spiro atoms. The van der Waals surface area contributed by atoms with Gasteiger partial charge in [-0.25, -0.2) is 4.79 Å². The normalized spacial score (nSPS) is 9.87. The summed E-state index contributed by atoms with van der Waals surface area (Å²) in [7, 11) is 2.66. The Balaban J connectivity index is 3.42. The topological polar surface area (TPSA) is 55.8 Å². The Morgan fingerprint density at radius 2 is 2.07 bits per heavy atom. The Labute approximate surface area is 92.4 Å². The van der Waals surface area contributed by atoms with Crippen LogP contribution in [0.3, 0.4) is 0 Å². The molecule has 0 aliphatic rings. The van der Waals surface area contributed by atoms with Crippen LogP contribution >= 0.6 is 11.6 Å². The Morgan fingerprint density at radius 1 is 1.47 bits per heavy atom. The van der Waals surface area contributed by atoms with Crippen LogP contribution in [0.2, 0.25) is 5.02 Å². The highest BCUT2D eigenvalue weighted by atomic mass is 35.5. The van der Waals surface area contributed by atoms with Crippen molar-refractivity contribution in [2.45, 2.75) is 6.92 Å². The fraction of sp³-hybridized carbons (Fsp3) is 0.300. The number of carbonyl (C=O) groups is 1. The van der Waals surface area contributed by atoms with Crippen LogP contribution in [0.25, 0.3) is 0 Å². The molecule has 0 fully saturated rings. The van der Waals surface area contributed by atoms with Gasteiger partial charge in [-0.3, -0.25) is 0 Å². The third kappa shape index (κ3) is 1.99. The molecule has 0 amide bonds. The minimum absolute atomic E-state index is 0.00324. The van der Waals surface area contributed by atoms with Crippen molar-refractivity contribution < 1.29 is 19.4 Å². The summed E-state index contributed by atoms with van der Waals surface area (Å²) in [6, 6.07) is 1.56. The number of hydrogen-bond acceptors (Lipinski definition) is 4. The molecule has 0 radical (unpaired) electrons. The molecule has 5 heteroatoms. The fourth-order valence-corrected chi connectivity index (χ4v) is 1.48. The van der Waals surface area contributed by atoms with Gasteiger partial charge in [-0.15, -0.1) is 0 Å². The van der Waals surface area contributed by atoms with Crippen LogP contribution in [0.15, 0.2) is 6.07 Å². The molecule has 0 heterocycles. The van der Waals surface area contributed by atoms with Crippen LogP contribution in [-0.2, 0) is 4.74 Å². The molecule has 1 aromatic rings. The lowest BCUT2D eigenvalue weighted by Crippen LogP contribution is -2.05. The maximum absolute atomic E-state index is 11.3. The predicted molar refractivity (Wildman–Crippen MR) is 55.7 cm³/mol. The summed E-state index contributed by atoms with van der Waals surface area (Å²) >= 11 is 5.79. The number of phenolic OH excluding ortho intramolecular Hbond substituents is 1. The zero-order valence-electron chi connectivity index (χ0n) is 8.63. The lowest BCUT2D eigenvalue weighted by Gasteiger charge is -2.11. The average Bonchev–Trinajstić information content (AvgIpc) is 2.23. The second-order valence-electron chi connectivity index (χ2n) is 2.92. The molecule has 0 atom stereocenters. The number of phenols is 1. The first-order valence-electron chi connectivity index (χ1n) is 4.17. The van der Waals surface area contributed by atoms with Gasteiger partial charge in [0.25, 0.3) is 0 Å². The molecule has 0 aliphatic heterocycles.